The Labute approximate surface area is 122 Å². The predicted octanol–water partition coefficient (Wildman–Crippen LogP) is 2.62. The monoisotopic (exact) mass is 291 g/mol. The van der Waals surface area contributed by atoms with Crippen LogP contribution in [0.15, 0.2) is 18.2 Å². The minimum absolute atomic E-state index is 0.219. The highest BCUT2D eigenvalue weighted by molar-refractivity contribution is 5.82. The van der Waals surface area contributed by atoms with E-state index in [9.17, 15) is 9.18 Å². The lowest BCUT2D eigenvalue weighted by Crippen LogP contribution is -2.46. The molecule has 1 N–H and O–H groups in total. The van der Waals surface area contributed by atoms with E-state index in [1.807, 2.05) is 4.90 Å². The Morgan fingerprint density at radius 2 is 2.38 bits per heavy atom. The molecule has 1 aromatic heterocycles. The van der Waals surface area contributed by atoms with E-state index in [2.05, 4.69) is 9.97 Å². The number of piperidine rings is 1. The average Bonchev–Trinajstić information content (AvgIpc) is 2.90. The first kappa shape index (κ1) is 13.9. The number of imidazole rings is 1. The molecule has 1 aromatic carbocycles. The van der Waals surface area contributed by atoms with Crippen molar-refractivity contribution in [2.45, 2.75) is 32.2 Å². The number of aromatic amines is 1. The van der Waals surface area contributed by atoms with Crippen molar-refractivity contribution in [3.63, 3.8) is 0 Å². The van der Waals surface area contributed by atoms with E-state index >= 15 is 0 Å². The van der Waals surface area contributed by atoms with E-state index in [1.54, 1.807) is 13.0 Å². The molecule has 112 valence electrons. The summed E-state index contributed by atoms with van der Waals surface area (Å²) in [6, 6.07) is 4.11. The lowest BCUT2D eigenvalue weighted by Gasteiger charge is -2.33. The summed E-state index contributed by atoms with van der Waals surface area (Å²) in [5.41, 5.74) is 1.33. The maximum Gasteiger partial charge on any atom is 0.328 e. The summed E-state index contributed by atoms with van der Waals surface area (Å²) in [6.07, 6.45) is 2.75. The Morgan fingerprint density at radius 1 is 1.52 bits per heavy atom. The highest BCUT2D eigenvalue weighted by Gasteiger charge is 2.31. The number of fused-ring (bicyclic) bond motifs is 1. The van der Waals surface area contributed by atoms with Gasteiger partial charge in [0.05, 0.1) is 17.6 Å². The lowest BCUT2D eigenvalue weighted by molar-refractivity contribution is -0.145. The molecule has 5 nitrogen and oxygen atoms in total. The van der Waals surface area contributed by atoms with Crippen molar-refractivity contribution in [1.29, 1.82) is 0 Å². The highest BCUT2D eigenvalue weighted by Crippen LogP contribution is 2.25. The van der Waals surface area contributed by atoms with Gasteiger partial charge in [0.1, 0.15) is 11.9 Å². The summed E-state index contributed by atoms with van der Waals surface area (Å²) in [7, 11) is 0. The van der Waals surface area contributed by atoms with Gasteiger partial charge in [0.15, 0.2) is 0 Å². The number of H-pyrrole nitrogens is 1. The van der Waals surface area contributed by atoms with Gasteiger partial charge in [-0.25, -0.2) is 14.2 Å². The molecule has 0 radical (unpaired) electrons. The summed E-state index contributed by atoms with van der Waals surface area (Å²) < 4.78 is 18.4. The van der Waals surface area contributed by atoms with Gasteiger partial charge in [0.25, 0.3) is 0 Å². The van der Waals surface area contributed by atoms with Crippen molar-refractivity contribution in [1.82, 2.24) is 9.97 Å². The van der Waals surface area contributed by atoms with Crippen molar-refractivity contribution in [2.75, 3.05) is 18.1 Å². The fourth-order valence-electron chi connectivity index (χ4n) is 2.77. The number of hydrogen-bond acceptors (Lipinski definition) is 4. The fourth-order valence-corrected chi connectivity index (χ4v) is 2.77. The summed E-state index contributed by atoms with van der Waals surface area (Å²) >= 11 is 0. The molecule has 0 amide bonds. The molecule has 1 saturated heterocycles. The average molecular weight is 291 g/mol. The van der Waals surface area contributed by atoms with E-state index in [-0.39, 0.29) is 17.8 Å². The Kier molecular flexibility index (Phi) is 3.77. The molecule has 0 spiro atoms. The van der Waals surface area contributed by atoms with Crippen LogP contribution in [0.25, 0.3) is 11.0 Å². The van der Waals surface area contributed by atoms with Crippen molar-refractivity contribution in [3.05, 3.63) is 24.0 Å². The molecule has 1 aliphatic rings. The van der Waals surface area contributed by atoms with Crippen LogP contribution in [0.5, 0.6) is 0 Å². The van der Waals surface area contributed by atoms with Gasteiger partial charge in [-0.05, 0) is 44.4 Å². The summed E-state index contributed by atoms with van der Waals surface area (Å²) in [6.45, 7) is 2.91. The normalized spacial score (nSPS) is 19.0. The number of ether oxygens (including phenoxy) is 1. The number of esters is 1. The third-order valence-corrected chi connectivity index (χ3v) is 3.76. The Bertz CT molecular complexity index is 655. The second-order valence-corrected chi connectivity index (χ2v) is 5.18. The number of nitrogens with one attached hydrogen (secondary N) is 1. The molecule has 1 atom stereocenters. The predicted molar refractivity (Wildman–Crippen MR) is 77.7 cm³/mol. The SMILES string of the molecule is CCOC(=O)C1CCCCN1c1nc2ccc(F)cc2[nH]1. The van der Waals surface area contributed by atoms with Crippen LogP contribution in [0.1, 0.15) is 26.2 Å². The first-order chi connectivity index (χ1) is 10.2. The van der Waals surface area contributed by atoms with Crippen LogP contribution >= 0.6 is 0 Å². The molecule has 1 aliphatic heterocycles. The highest BCUT2D eigenvalue weighted by atomic mass is 19.1. The van der Waals surface area contributed by atoms with Crippen LogP contribution in [-0.2, 0) is 9.53 Å². The smallest absolute Gasteiger partial charge is 0.328 e. The van der Waals surface area contributed by atoms with Gasteiger partial charge in [0, 0.05) is 6.54 Å². The maximum atomic E-state index is 13.3. The Morgan fingerprint density at radius 3 is 3.19 bits per heavy atom. The van der Waals surface area contributed by atoms with E-state index in [0.29, 0.717) is 23.6 Å². The van der Waals surface area contributed by atoms with Gasteiger partial charge in [-0.15, -0.1) is 0 Å². The maximum absolute atomic E-state index is 13.3. The number of hydrogen-bond donors (Lipinski definition) is 1. The van der Waals surface area contributed by atoms with E-state index in [1.165, 1.54) is 12.1 Å². The summed E-state index contributed by atoms with van der Waals surface area (Å²) in [4.78, 5) is 21.6. The minimum atomic E-state index is -0.316. The van der Waals surface area contributed by atoms with Crippen LogP contribution in [-0.4, -0.2) is 35.1 Å². The van der Waals surface area contributed by atoms with E-state index in [4.69, 9.17) is 4.74 Å². The molecule has 3 rings (SSSR count). The quantitative estimate of drug-likeness (QED) is 0.883. The number of aromatic nitrogens is 2. The minimum Gasteiger partial charge on any atom is -0.464 e. The van der Waals surface area contributed by atoms with Gasteiger partial charge < -0.3 is 14.6 Å². The van der Waals surface area contributed by atoms with Gasteiger partial charge in [-0.3, -0.25) is 0 Å². The molecule has 1 fully saturated rings. The number of halogens is 1. The zero-order valence-electron chi connectivity index (χ0n) is 11.9. The topological polar surface area (TPSA) is 58.2 Å². The molecule has 0 saturated carbocycles. The molecule has 1 unspecified atom stereocenters. The number of nitrogens with zero attached hydrogens (tertiary/aromatic N) is 2. The van der Waals surface area contributed by atoms with Gasteiger partial charge in [-0.1, -0.05) is 0 Å². The number of benzene rings is 1. The molecular formula is C15H18FN3O2. The Balaban J connectivity index is 1.92. The fraction of sp³-hybridized carbons (Fsp3) is 0.467. The third kappa shape index (κ3) is 2.70. The molecular weight excluding hydrogens is 273 g/mol. The van der Waals surface area contributed by atoms with Crippen molar-refractivity contribution < 1.29 is 13.9 Å². The zero-order valence-corrected chi connectivity index (χ0v) is 11.9. The first-order valence-corrected chi connectivity index (χ1v) is 7.27. The number of carbonyl (C=O) groups is 1. The van der Waals surface area contributed by atoms with Crippen LogP contribution in [0.4, 0.5) is 10.3 Å². The number of carbonyl (C=O) groups excluding carboxylic acids is 1. The summed E-state index contributed by atoms with van der Waals surface area (Å²) in [5, 5.41) is 0. The zero-order chi connectivity index (χ0) is 14.8. The Hall–Kier alpha value is -2.11. The first-order valence-electron chi connectivity index (χ1n) is 7.27. The van der Waals surface area contributed by atoms with Crippen molar-refractivity contribution in [3.8, 4) is 0 Å². The van der Waals surface area contributed by atoms with Gasteiger partial charge in [0.2, 0.25) is 5.95 Å². The van der Waals surface area contributed by atoms with Crippen molar-refractivity contribution >= 4 is 23.0 Å². The van der Waals surface area contributed by atoms with Gasteiger partial charge in [-0.2, -0.15) is 0 Å². The van der Waals surface area contributed by atoms with E-state index < -0.39 is 0 Å². The number of anilines is 1. The van der Waals surface area contributed by atoms with Crippen molar-refractivity contribution in [2.24, 2.45) is 0 Å². The molecule has 21 heavy (non-hydrogen) atoms. The molecule has 6 heteroatoms. The lowest BCUT2D eigenvalue weighted by atomic mass is 10.0. The van der Waals surface area contributed by atoms with Crippen LogP contribution in [0.2, 0.25) is 0 Å². The summed E-state index contributed by atoms with van der Waals surface area (Å²) in [5.74, 6) is 0.0791. The van der Waals surface area contributed by atoms with Crippen LogP contribution in [0.3, 0.4) is 0 Å². The van der Waals surface area contributed by atoms with E-state index in [0.717, 1.165) is 25.8 Å². The number of rotatable bonds is 3. The van der Waals surface area contributed by atoms with Crippen LogP contribution < -0.4 is 4.90 Å². The third-order valence-electron chi connectivity index (χ3n) is 3.76. The standard InChI is InChI=1S/C15H18FN3O2/c1-2-21-14(20)13-5-3-4-8-19(13)15-17-11-7-6-10(16)9-12(11)18-15/h6-7,9,13H,2-5,8H2,1H3,(H,17,18). The van der Waals surface area contributed by atoms with Gasteiger partial charge >= 0.3 is 5.97 Å². The molecule has 0 bridgehead atoms. The molecule has 2 aromatic rings. The van der Waals surface area contributed by atoms with Crippen LogP contribution in [0, 0.1) is 5.82 Å². The second-order valence-electron chi connectivity index (χ2n) is 5.18. The largest absolute Gasteiger partial charge is 0.464 e. The molecule has 0 aliphatic carbocycles. The molecule has 2 heterocycles. The second kappa shape index (κ2) is 5.71.